The van der Waals surface area contributed by atoms with E-state index in [9.17, 15) is 0 Å². The monoisotopic (exact) mass is 196 g/mol. The highest BCUT2D eigenvalue weighted by atomic mass is 15.1. The molecule has 1 saturated heterocycles. The number of rotatable bonds is 4. The molecule has 2 nitrogen and oxygen atoms in total. The Morgan fingerprint density at radius 1 is 1.21 bits per heavy atom. The van der Waals surface area contributed by atoms with Gasteiger partial charge in [0.2, 0.25) is 0 Å². The van der Waals surface area contributed by atoms with Gasteiger partial charge >= 0.3 is 0 Å². The van der Waals surface area contributed by atoms with Crippen molar-refractivity contribution in [2.24, 2.45) is 17.8 Å². The Balaban J connectivity index is 1.62. The summed E-state index contributed by atoms with van der Waals surface area (Å²) in [5, 5.41) is 3.29. The number of nitrogens with one attached hydrogen (secondary N) is 1. The molecule has 0 aromatic carbocycles. The van der Waals surface area contributed by atoms with E-state index in [-0.39, 0.29) is 0 Å². The SMILES string of the molecule is CNC[C@@H]1C[C@H]1CN1CCC(C)CC1. The molecule has 1 aliphatic heterocycles. The Morgan fingerprint density at radius 3 is 2.57 bits per heavy atom. The third-order valence-corrected chi connectivity index (χ3v) is 3.90. The van der Waals surface area contributed by atoms with Crippen molar-refractivity contribution in [2.45, 2.75) is 26.2 Å². The van der Waals surface area contributed by atoms with Gasteiger partial charge in [0.1, 0.15) is 0 Å². The Hall–Kier alpha value is -0.0800. The van der Waals surface area contributed by atoms with Crippen molar-refractivity contribution in [1.82, 2.24) is 10.2 Å². The predicted octanol–water partition coefficient (Wildman–Crippen LogP) is 1.57. The molecule has 2 fully saturated rings. The first-order valence-corrected chi connectivity index (χ1v) is 6.16. The summed E-state index contributed by atoms with van der Waals surface area (Å²) in [5.41, 5.74) is 0. The molecule has 82 valence electrons. The molecule has 0 unspecified atom stereocenters. The van der Waals surface area contributed by atoms with E-state index in [2.05, 4.69) is 24.2 Å². The van der Waals surface area contributed by atoms with Gasteiger partial charge in [-0.05, 0) is 63.7 Å². The third-order valence-electron chi connectivity index (χ3n) is 3.90. The molecule has 0 spiro atoms. The summed E-state index contributed by atoms with van der Waals surface area (Å²) >= 11 is 0. The molecule has 0 aromatic rings. The number of nitrogens with zero attached hydrogens (tertiary/aromatic N) is 1. The molecular weight excluding hydrogens is 172 g/mol. The van der Waals surface area contributed by atoms with Gasteiger partial charge < -0.3 is 10.2 Å². The zero-order valence-electron chi connectivity index (χ0n) is 9.63. The Bertz CT molecular complexity index is 173. The Morgan fingerprint density at radius 2 is 1.93 bits per heavy atom. The van der Waals surface area contributed by atoms with Gasteiger partial charge in [0, 0.05) is 6.54 Å². The number of hydrogen-bond donors (Lipinski definition) is 1. The average molecular weight is 196 g/mol. The molecule has 14 heavy (non-hydrogen) atoms. The van der Waals surface area contributed by atoms with Crippen LogP contribution in [0.2, 0.25) is 0 Å². The van der Waals surface area contributed by atoms with Crippen LogP contribution < -0.4 is 5.32 Å². The first kappa shape index (κ1) is 10.4. The average Bonchev–Trinajstić information content (AvgIpc) is 2.89. The van der Waals surface area contributed by atoms with Crippen LogP contribution in [0.15, 0.2) is 0 Å². The fourth-order valence-corrected chi connectivity index (χ4v) is 2.62. The molecule has 2 atom stereocenters. The van der Waals surface area contributed by atoms with Gasteiger partial charge in [-0.15, -0.1) is 0 Å². The maximum absolute atomic E-state index is 3.29. The molecule has 1 N–H and O–H groups in total. The summed E-state index contributed by atoms with van der Waals surface area (Å²) in [7, 11) is 2.07. The number of hydrogen-bond acceptors (Lipinski definition) is 2. The molecule has 0 amide bonds. The van der Waals surface area contributed by atoms with E-state index in [0.29, 0.717) is 0 Å². The summed E-state index contributed by atoms with van der Waals surface area (Å²) < 4.78 is 0. The van der Waals surface area contributed by atoms with Gasteiger partial charge in [0.05, 0.1) is 0 Å². The van der Waals surface area contributed by atoms with Crippen LogP contribution >= 0.6 is 0 Å². The minimum atomic E-state index is 0.971. The van der Waals surface area contributed by atoms with E-state index in [1.165, 1.54) is 45.4 Å². The van der Waals surface area contributed by atoms with Crippen molar-refractivity contribution in [3.8, 4) is 0 Å². The summed E-state index contributed by atoms with van der Waals surface area (Å²) in [6, 6.07) is 0. The van der Waals surface area contributed by atoms with Crippen molar-refractivity contribution >= 4 is 0 Å². The molecule has 1 aliphatic carbocycles. The molecule has 0 aromatic heterocycles. The minimum Gasteiger partial charge on any atom is -0.319 e. The summed E-state index contributed by atoms with van der Waals surface area (Å²) in [6.45, 7) is 7.69. The first-order chi connectivity index (χ1) is 6.79. The Kier molecular flexibility index (Phi) is 3.45. The molecule has 2 aliphatic rings. The largest absolute Gasteiger partial charge is 0.319 e. The van der Waals surface area contributed by atoms with Gasteiger partial charge in [-0.2, -0.15) is 0 Å². The molecule has 2 heteroatoms. The van der Waals surface area contributed by atoms with Gasteiger partial charge in [0.15, 0.2) is 0 Å². The molecule has 2 rings (SSSR count). The number of likely N-dealkylation sites (tertiary alicyclic amines) is 1. The lowest BCUT2D eigenvalue weighted by molar-refractivity contribution is 0.183. The van der Waals surface area contributed by atoms with E-state index in [0.717, 1.165) is 17.8 Å². The smallest absolute Gasteiger partial charge is 0.00129 e. The topological polar surface area (TPSA) is 15.3 Å². The maximum atomic E-state index is 3.29. The Labute approximate surface area is 88.1 Å². The lowest BCUT2D eigenvalue weighted by Gasteiger charge is -2.30. The van der Waals surface area contributed by atoms with Crippen molar-refractivity contribution in [3.05, 3.63) is 0 Å². The van der Waals surface area contributed by atoms with Gasteiger partial charge in [0.25, 0.3) is 0 Å². The lowest BCUT2D eigenvalue weighted by atomic mass is 9.99. The van der Waals surface area contributed by atoms with Crippen molar-refractivity contribution in [3.63, 3.8) is 0 Å². The highest BCUT2D eigenvalue weighted by Crippen LogP contribution is 2.38. The zero-order chi connectivity index (χ0) is 9.97. The quantitative estimate of drug-likeness (QED) is 0.734. The molecular formula is C12H24N2. The highest BCUT2D eigenvalue weighted by molar-refractivity contribution is 4.90. The van der Waals surface area contributed by atoms with E-state index < -0.39 is 0 Å². The maximum Gasteiger partial charge on any atom is 0.00129 e. The van der Waals surface area contributed by atoms with Gasteiger partial charge in [-0.3, -0.25) is 0 Å². The van der Waals surface area contributed by atoms with Crippen molar-refractivity contribution < 1.29 is 0 Å². The van der Waals surface area contributed by atoms with Gasteiger partial charge in [-0.25, -0.2) is 0 Å². The summed E-state index contributed by atoms with van der Waals surface area (Å²) in [6.07, 6.45) is 4.31. The van der Waals surface area contributed by atoms with E-state index in [4.69, 9.17) is 0 Å². The molecule has 1 saturated carbocycles. The molecule has 1 heterocycles. The second kappa shape index (κ2) is 4.63. The van der Waals surface area contributed by atoms with Crippen LogP contribution in [-0.2, 0) is 0 Å². The van der Waals surface area contributed by atoms with Crippen molar-refractivity contribution in [2.75, 3.05) is 33.2 Å². The minimum absolute atomic E-state index is 0.971. The predicted molar refractivity (Wildman–Crippen MR) is 60.4 cm³/mol. The fraction of sp³-hybridized carbons (Fsp3) is 1.00. The molecule has 0 bridgehead atoms. The van der Waals surface area contributed by atoms with Crippen LogP contribution in [0.5, 0.6) is 0 Å². The van der Waals surface area contributed by atoms with Crippen LogP contribution in [0.1, 0.15) is 26.2 Å². The first-order valence-electron chi connectivity index (χ1n) is 6.16. The molecule has 0 radical (unpaired) electrons. The van der Waals surface area contributed by atoms with Crippen LogP contribution in [-0.4, -0.2) is 38.1 Å². The van der Waals surface area contributed by atoms with E-state index >= 15 is 0 Å². The third kappa shape index (κ3) is 2.71. The van der Waals surface area contributed by atoms with E-state index in [1.54, 1.807) is 0 Å². The lowest BCUT2D eigenvalue weighted by Crippen LogP contribution is -2.34. The second-order valence-corrected chi connectivity index (χ2v) is 5.30. The van der Waals surface area contributed by atoms with Crippen molar-refractivity contribution in [1.29, 1.82) is 0 Å². The second-order valence-electron chi connectivity index (χ2n) is 5.30. The van der Waals surface area contributed by atoms with Crippen LogP contribution in [0, 0.1) is 17.8 Å². The summed E-state index contributed by atoms with van der Waals surface area (Å²) in [4.78, 5) is 2.68. The standard InChI is InChI=1S/C12H24N2/c1-10-3-5-14(6-4-10)9-12-7-11(12)8-13-2/h10-13H,3-9H2,1-2H3/t11-,12-/m0/s1. The van der Waals surface area contributed by atoms with Crippen LogP contribution in [0.25, 0.3) is 0 Å². The van der Waals surface area contributed by atoms with Crippen LogP contribution in [0.4, 0.5) is 0 Å². The van der Waals surface area contributed by atoms with Crippen LogP contribution in [0.3, 0.4) is 0 Å². The fourth-order valence-electron chi connectivity index (χ4n) is 2.62. The summed E-state index contributed by atoms with van der Waals surface area (Å²) in [5.74, 6) is 2.97. The van der Waals surface area contributed by atoms with Gasteiger partial charge in [-0.1, -0.05) is 6.92 Å². The van der Waals surface area contributed by atoms with E-state index in [1.807, 2.05) is 0 Å². The zero-order valence-corrected chi connectivity index (χ0v) is 9.63. The number of piperidine rings is 1. The highest BCUT2D eigenvalue weighted by Gasteiger charge is 2.37. The normalized spacial score (nSPS) is 34.7.